The van der Waals surface area contributed by atoms with Gasteiger partial charge in [0.05, 0.1) is 11.0 Å². The molecule has 0 saturated heterocycles. The van der Waals surface area contributed by atoms with Crippen LogP contribution < -0.4 is 0 Å². The normalized spacial score (nSPS) is 11.9. The van der Waals surface area contributed by atoms with E-state index in [0.29, 0.717) is 17.5 Å². The SMILES string of the molecule is c1ccc(-c2nc(-c3ccc4c(c3)sc3ccccc34)nc(-c3cc(-c4cccc5sc6ccccc6c45)c4c5ccccc5n(-c5ccccc5)c4c3)n2)cc1. The molecule has 4 heterocycles. The first kappa shape index (κ1) is 32.3. The van der Waals surface area contributed by atoms with Crippen LogP contribution in [0.5, 0.6) is 0 Å². The molecule has 0 bridgehead atoms. The van der Waals surface area contributed by atoms with Crippen LogP contribution in [-0.4, -0.2) is 19.5 Å². The third kappa shape index (κ3) is 5.15. The number of thiophene rings is 2. The zero-order chi connectivity index (χ0) is 37.5. The van der Waals surface area contributed by atoms with Gasteiger partial charge in [-0.25, -0.2) is 15.0 Å². The summed E-state index contributed by atoms with van der Waals surface area (Å²) < 4.78 is 7.42. The highest BCUT2D eigenvalue weighted by Crippen LogP contribution is 2.46. The molecule has 4 nitrogen and oxygen atoms in total. The molecular formula is C51H30N4S2. The highest BCUT2D eigenvalue weighted by atomic mass is 32.1. The van der Waals surface area contributed by atoms with Gasteiger partial charge in [0.15, 0.2) is 17.5 Å². The second kappa shape index (κ2) is 12.8. The van der Waals surface area contributed by atoms with Crippen LogP contribution in [-0.2, 0) is 0 Å². The molecule has 0 atom stereocenters. The van der Waals surface area contributed by atoms with Gasteiger partial charge >= 0.3 is 0 Å². The van der Waals surface area contributed by atoms with Crippen LogP contribution >= 0.6 is 22.7 Å². The molecule has 0 amide bonds. The van der Waals surface area contributed by atoms with Crippen molar-refractivity contribution < 1.29 is 0 Å². The summed E-state index contributed by atoms with van der Waals surface area (Å²) >= 11 is 3.65. The third-order valence-corrected chi connectivity index (χ3v) is 13.3. The third-order valence-electron chi connectivity index (χ3n) is 11.0. The van der Waals surface area contributed by atoms with E-state index in [4.69, 9.17) is 15.0 Å². The minimum Gasteiger partial charge on any atom is -0.309 e. The summed E-state index contributed by atoms with van der Waals surface area (Å²) in [6.45, 7) is 0. The smallest absolute Gasteiger partial charge is 0.164 e. The quantitative estimate of drug-likeness (QED) is 0.175. The van der Waals surface area contributed by atoms with Crippen LogP contribution in [0.3, 0.4) is 0 Å². The highest BCUT2D eigenvalue weighted by Gasteiger charge is 2.22. The number of rotatable bonds is 5. The summed E-state index contributed by atoms with van der Waals surface area (Å²) in [6.07, 6.45) is 0. The molecule has 0 saturated carbocycles. The Morgan fingerprint density at radius 3 is 1.74 bits per heavy atom. The molecule has 6 heteroatoms. The Balaban J connectivity index is 1.18. The number of hydrogen-bond acceptors (Lipinski definition) is 5. The molecule has 266 valence electrons. The zero-order valence-corrected chi connectivity index (χ0v) is 32.1. The average molecular weight is 763 g/mol. The van der Waals surface area contributed by atoms with Crippen molar-refractivity contribution in [1.82, 2.24) is 19.5 Å². The van der Waals surface area contributed by atoms with Gasteiger partial charge in [0.1, 0.15) is 0 Å². The molecule has 0 aliphatic carbocycles. The van der Waals surface area contributed by atoms with Gasteiger partial charge in [0.25, 0.3) is 0 Å². The van der Waals surface area contributed by atoms with Crippen molar-refractivity contribution in [3.05, 3.63) is 182 Å². The van der Waals surface area contributed by atoms with Gasteiger partial charge in [-0.15, -0.1) is 22.7 Å². The Bertz CT molecular complexity index is 3530. The summed E-state index contributed by atoms with van der Waals surface area (Å²) in [4.78, 5) is 15.8. The first-order valence-electron chi connectivity index (χ1n) is 19.0. The Hall–Kier alpha value is -6.99. The summed E-state index contributed by atoms with van der Waals surface area (Å²) in [6, 6.07) is 64.9. The van der Waals surface area contributed by atoms with Gasteiger partial charge < -0.3 is 4.57 Å². The van der Waals surface area contributed by atoms with Gasteiger partial charge in [-0.2, -0.15) is 0 Å². The molecule has 0 fully saturated rings. The number of fused-ring (bicyclic) bond motifs is 9. The molecule has 8 aromatic carbocycles. The summed E-state index contributed by atoms with van der Waals surface area (Å²) in [5, 5.41) is 7.46. The van der Waals surface area contributed by atoms with E-state index in [9.17, 15) is 0 Å². The molecular weight excluding hydrogens is 733 g/mol. The molecule has 12 rings (SSSR count). The summed E-state index contributed by atoms with van der Waals surface area (Å²) in [7, 11) is 0. The van der Waals surface area contributed by atoms with Crippen LogP contribution in [0.15, 0.2) is 182 Å². The van der Waals surface area contributed by atoms with Crippen molar-refractivity contribution in [3.8, 4) is 51.0 Å². The molecule has 0 aliphatic rings. The molecule has 57 heavy (non-hydrogen) atoms. The fourth-order valence-corrected chi connectivity index (χ4v) is 10.8. The van der Waals surface area contributed by atoms with Crippen molar-refractivity contribution in [1.29, 1.82) is 0 Å². The highest BCUT2D eigenvalue weighted by molar-refractivity contribution is 7.26. The average Bonchev–Trinajstić information content (AvgIpc) is 3.96. The Morgan fingerprint density at radius 1 is 0.333 bits per heavy atom. The number of aromatic nitrogens is 4. The molecule has 0 unspecified atom stereocenters. The van der Waals surface area contributed by atoms with E-state index in [1.165, 1.54) is 56.7 Å². The maximum absolute atomic E-state index is 5.34. The number of benzene rings is 8. The molecule has 0 radical (unpaired) electrons. The van der Waals surface area contributed by atoms with Gasteiger partial charge in [-0.1, -0.05) is 127 Å². The van der Waals surface area contributed by atoms with Crippen LogP contribution in [0.1, 0.15) is 0 Å². The van der Waals surface area contributed by atoms with Crippen molar-refractivity contribution in [2.75, 3.05) is 0 Å². The largest absolute Gasteiger partial charge is 0.309 e. The first-order chi connectivity index (χ1) is 28.2. The van der Waals surface area contributed by atoms with Crippen molar-refractivity contribution in [3.63, 3.8) is 0 Å². The monoisotopic (exact) mass is 762 g/mol. The first-order valence-corrected chi connectivity index (χ1v) is 20.7. The van der Waals surface area contributed by atoms with E-state index in [0.717, 1.165) is 39.0 Å². The predicted octanol–water partition coefficient (Wildman–Crippen LogP) is 14.4. The lowest BCUT2D eigenvalue weighted by atomic mass is 9.93. The minimum absolute atomic E-state index is 0.630. The standard InChI is InChI=1S/C51H30N4S2/c1-3-14-31(15-4-1)49-52-50(32-26-27-36-35-18-8-11-23-43(35)57-46(36)30-32)54-51(53-49)33-28-40(37-21-13-25-45-48(37)39-20-9-12-24-44(39)56-45)47-38-19-7-10-22-41(38)55(42(47)29-33)34-16-5-2-6-17-34/h1-30H. The fraction of sp³-hybridized carbons (Fsp3) is 0. The van der Waals surface area contributed by atoms with Crippen LogP contribution in [0.2, 0.25) is 0 Å². The van der Waals surface area contributed by atoms with E-state index in [1.54, 1.807) is 11.3 Å². The zero-order valence-electron chi connectivity index (χ0n) is 30.4. The maximum atomic E-state index is 5.34. The predicted molar refractivity (Wildman–Crippen MR) is 242 cm³/mol. The number of hydrogen-bond donors (Lipinski definition) is 0. The van der Waals surface area contributed by atoms with E-state index >= 15 is 0 Å². The summed E-state index contributed by atoms with van der Waals surface area (Å²) in [5.41, 5.74) is 8.53. The van der Waals surface area contributed by atoms with E-state index in [1.807, 2.05) is 29.5 Å². The van der Waals surface area contributed by atoms with Crippen LogP contribution in [0.4, 0.5) is 0 Å². The van der Waals surface area contributed by atoms with Crippen molar-refractivity contribution in [2.24, 2.45) is 0 Å². The molecule has 0 aliphatic heterocycles. The van der Waals surface area contributed by atoms with E-state index < -0.39 is 0 Å². The van der Waals surface area contributed by atoms with Crippen molar-refractivity contribution >= 4 is 84.8 Å². The topological polar surface area (TPSA) is 43.6 Å². The lowest BCUT2D eigenvalue weighted by Crippen LogP contribution is -2.01. The van der Waals surface area contributed by atoms with Crippen molar-refractivity contribution in [2.45, 2.75) is 0 Å². The van der Waals surface area contributed by atoms with E-state index in [-0.39, 0.29) is 0 Å². The minimum atomic E-state index is 0.630. The fourth-order valence-electron chi connectivity index (χ4n) is 8.51. The second-order valence-corrected chi connectivity index (χ2v) is 16.5. The number of para-hydroxylation sites is 2. The molecule has 12 aromatic rings. The number of nitrogens with zero attached hydrogens (tertiary/aromatic N) is 4. The lowest BCUT2D eigenvalue weighted by Gasteiger charge is -2.14. The maximum Gasteiger partial charge on any atom is 0.164 e. The summed E-state index contributed by atoms with van der Waals surface area (Å²) in [5.74, 6) is 1.92. The lowest BCUT2D eigenvalue weighted by molar-refractivity contribution is 1.07. The second-order valence-electron chi connectivity index (χ2n) is 14.4. The van der Waals surface area contributed by atoms with Crippen LogP contribution in [0, 0.1) is 0 Å². The van der Waals surface area contributed by atoms with Gasteiger partial charge in [-0.3, -0.25) is 0 Å². The van der Waals surface area contributed by atoms with Gasteiger partial charge in [-0.05, 0) is 65.7 Å². The van der Waals surface area contributed by atoms with Crippen LogP contribution in [0.25, 0.3) is 113 Å². The Labute approximate surface area is 335 Å². The van der Waals surface area contributed by atoms with E-state index in [2.05, 4.69) is 168 Å². The molecule has 0 N–H and O–H groups in total. The molecule has 0 spiro atoms. The Kier molecular flexibility index (Phi) is 7.24. The van der Waals surface area contributed by atoms with Gasteiger partial charge in [0, 0.05) is 73.5 Å². The Morgan fingerprint density at radius 2 is 0.930 bits per heavy atom. The molecule has 4 aromatic heterocycles. The van der Waals surface area contributed by atoms with Gasteiger partial charge in [0.2, 0.25) is 0 Å².